The fourth-order valence-electron chi connectivity index (χ4n) is 2.58. The third-order valence-corrected chi connectivity index (χ3v) is 3.70. The Kier molecular flexibility index (Phi) is 2.97. The van der Waals surface area contributed by atoms with Crippen molar-refractivity contribution < 1.29 is 9.90 Å². The monoisotopic (exact) mass is 281 g/mol. The Hall–Kier alpha value is -2.69. The number of aryl methyl sites for hydroxylation is 3. The van der Waals surface area contributed by atoms with Crippen molar-refractivity contribution >= 4 is 11.6 Å². The first-order chi connectivity index (χ1) is 10.0. The molecular formula is C16H15N3O2. The summed E-state index contributed by atoms with van der Waals surface area (Å²) in [6.45, 7) is 5.69. The summed E-state index contributed by atoms with van der Waals surface area (Å²) in [5, 5.41) is 13.6. The molecule has 0 unspecified atom stereocenters. The van der Waals surface area contributed by atoms with Gasteiger partial charge in [0.15, 0.2) is 5.65 Å². The standard InChI is InChI=1S/C16H15N3O2/c1-9-6-4-5-7-12(9)14-10(2)18-19-11(3)13(16(20)21)8-17-15(14)19/h4-8H,1-3H3,(H,20,21). The van der Waals surface area contributed by atoms with Crippen LogP contribution in [0.2, 0.25) is 0 Å². The van der Waals surface area contributed by atoms with Gasteiger partial charge in [0.25, 0.3) is 0 Å². The molecule has 2 heterocycles. The van der Waals surface area contributed by atoms with Gasteiger partial charge in [-0.2, -0.15) is 5.10 Å². The summed E-state index contributed by atoms with van der Waals surface area (Å²) >= 11 is 0. The van der Waals surface area contributed by atoms with Gasteiger partial charge in [0.05, 0.1) is 17.0 Å². The minimum Gasteiger partial charge on any atom is -0.478 e. The van der Waals surface area contributed by atoms with Gasteiger partial charge in [-0.1, -0.05) is 24.3 Å². The predicted molar refractivity (Wildman–Crippen MR) is 79.6 cm³/mol. The molecule has 2 aromatic heterocycles. The average Bonchev–Trinajstić information content (AvgIpc) is 2.77. The SMILES string of the molecule is Cc1ccccc1-c1c(C)nn2c(C)c(C(=O)O)cnc12. The van der Waals surface area contributed by atoms with E-state index in [-0.39, 0.29) is 5.56 Å². The first kappa shape index (κ1) is 13.3. The van der Waals surface area contributed by atoms with Gasteiger partial charge in [-0.25, -0.2) is 14.3 Å². The lowest BCUT2D eigenvalue weighted by molar-refractivity contribution is 0.0695. The van der Waals surface area contributed by atoms with E-state index in [0.717, 1.165) is 22.4 Å². The summed E-state index contributed by atoms with van der Waals surface area (Å²) in [6.07, 6.45) is 1.40. The van der Waals surface area contributed by atoms with Crippen molar-refractivity contribution in [1.82, 2.24) is 14.6 Å². The molecule has 0 saturated carbocycles. The molecule has 21 heavy (non-hydrogen) atoms. The molecule has 0 spiro atoms. The molecule has 0 aliphatic rings. The number of aromatic nitrogens is 3. The summed E-state index contributed by atoms with van der Waals surface area (Å²) in [6, 6.07) is 8.03. The third-order valence-electron chi connectivity index (χ3n) is 3.70. The minimum absolute atomic E-state index is 0.168. The summed E-state index contributed by atoms with van der Waals surface area (Å²) in [5.74, 6) is -0.993. The normalized spacial score (nSPS) is 11.0. The number of benzene rings is 1. The van der Waals surface area contributed by atoms with Crippen molar-refractivity contribution in [3.05, 3.63) is 53.0 Å². The van der Waals surface area contributed by atoms with Gasteiger partial charge in [0.1, 0.15) is 0 Å². The van der Waals surface area contributed by atoms with Gasteiger partial charge >= 0.3 is 5.97 Å². The number of carbonyl (C=O) groups is 1. The van der Waals surface area contributed by atoms with E-state index in [9.17, 15) is 9.90 Å². The van der Waals surface area contributed by atoms with E-state index in [4.69, 9.17) is 0 Å². The molecule has 0 bridgehead atoms. The molecule has 0 fully saturated rings. The van der Waals surface area contributed by atoms with Crippen LogP contribution in [0.1, 0.15) is 27.3 Å². The second-order valence-electron chi connectivity index (χ2n) is 5.07. The van der Waals surface area contributed by atoms with Gasteiger partial charge in [-0.3, -0.25) is 0 Å². The van der Waals surface area contributed by atoms with Crippen LogP contribution in [0.3, 0.4) is 0 Å². The first-order valence-corrected chi connectivity index (χ1v) is 6.65. The number of hydrogen-bond acceptors (Lipinski definition) is 3. The quantitative estimate of drug-likeness (QED) is 0.784. The van der Waals surface area contributed by atoms with Crippen LogP contribution in [0.15, 0.2) is 30.5 Å². The van der Waals surface area contributed by atoms with Gasteiger partial charge in [-0.05, 0) is 31.9 Å². The van der Waals surface area contributed by atoms with Gasteiger partial charge in [0.2, 0.25) is 0 Å². The van der Waals surface area contributed by atoms with Crippen LogP contribution in [-0.4, -0.2) is 25.7 Å². The van der Waals surface area contributed by atoms with E-state index in [0.29, 0.717) is 11.3 Å². The highest BCUT2D eigenvalue weighted by atomic mass is 16.4. The third kappa shape index (κ3) is 1.98. The maximum absolute atomic E-state index is 11.2. The van der Waals surface area contributed by atoms with Crippen molar-refractivity contribution in [2.75, 3.05) is 0 Å². The Labute approximate surface area is 121 Å². The molecule has 0 aliphatic heterocycles. The maximum atomic E-state index is 11.2. The number of fused-ring (bicyclic) bond motifs is 1. The zero-order valence-electron chi connectivity index (χ0n) is 12.1. The van der Waals surface area contributed by atoms with Crippen molar-refractivity contribution in [3.63, 3.8) is 0 Å². The van der Waals surface area contributed by atoms with Gasteiger partial charge < -0.3 is 5.11 Å². The average molecular weight is 281 g/mol. The van der Waals surface area contributed by atoms with Crippen LogP contribution in [0.25, 0.3) is 16.8 Å². The Morgan fingerprint density at radius 1 is 1.19 bits per heavy atom. The zero-order chi connectivity index (χ0) is 15.1. The van der Waals surface area contributed by atoms with E-state index in [2.05, 4.69) is 10.1 Å². The summed E-state index contributed by atoms with van der Waals surface area (Å²) in [5.41, 5.74) is 5.42. The van der Waals surface area contributed by atoms with Crippen LogP contribution in [0.4, 0.5) is 0 Å². The van der Waals surface area contributed by atoms with Gasteiger partial charge in [0, 0.05) is 11.8 Å². The molecule has 1 N–H and O–H groups in total. The number of aromatic carboxylic acids is 1. The molecule has 0 atom stereocenters. The van der Waals surface area contributed by atoms with E-state index >= 15 is 0 Å². The molecule has 106 valence electrons. The van der Waals surface area contributed by atoms with Crippen LogP contribution in [0.5, 0.6) is 0 Å². The lowest BCUT2D eigenvalue weighted by Crippen LogP contribution is -2.07. The molecule has 1 aromatic carbocycles. The van der Waals surface area contributed by atoms with Crippen molar-refractivity contribution in [2.45, 2.75) is 20.8 Å². The Bertz CT molecular complexity index is 865. The molecule has 3 rings (SSSR count). The zero-order valence-corrected chi connectivity index (χ0v) is 12.1. The summed E-state index contributed by atoms with van der Waals surface area (Å²) in [7, 11) is 0. The Morgan fingerprint density at radius 3 is 2.57 bits per heavy atom. The number of nitrogens with zero attached hydrogens (tertiary/aromatic N) is 3. The van der Waals surface area contributed by atoms with Crippen molar-refractivity contribution in [3.8, 4) is 11.1 Å². The summed E-state index contributed by atoms with van der Waals surface area (Å²) in [4.78, 5) is 15.5. The molecule has 0 aliphatic carbocycles. The van der Waals surface area contributed by atoms with Crippen molar-refractivity contribution in [1.29, 1.82) is 0 Å². The Balaban J connectivity index is 2.36. The van der Waals surface area contributed by atoms with E-state index in [1.54, 1.807) is 11.4 Å². The second-order valence-corrected chi connectivity index (χ2v) is 5.07. The van der Waals surface area contributed by atoms with E-state index < -0.39 is 5.97 Å². The lowest BCUT2D eigenvalue weighted by atomic mass is 10.0. The van der Waals surface area contributed by atoms with Crippen LogP contribution >= 0.6 is 0 Å². The number of carboxylic acids is 1. The molecule has 0 amide bonds. The molecular weight excluding hydrogens is 266 g/mol. The number of carboxylic acid groups (broad SMARTS) is 1. The predicted octanol–water partition coefficient (Wildman–Crippen LogP) is 3.02. The first-order valence-electron chi connectivity index (χ1n) is 6.65. The fraction of sp³-hybridized carbons (Fsp3) is 0.188. The highest BCUT2D eigenvalue weighted by molar-refractivity contribution is 5.90. The van der Waals surface area contributed by atoms with Crippen LogP contribution in [-0.2, 0) is 0 Å². The fourth-order valence-corrected chi connectivity index (χ4v) is 2.58. The largest absolute Gasteiger partial charge is 0.478 e. The minimum atomic E-state index is -0.993. The topological polar surface area (TPSA) is 67.5 Å². The van der Waals surface area contributed by atoms with Gasteiger partial charge in [-0.15, -0.1) is 0 Å². The molecule has 5 nitrogen and oxygen atoms in total. The molecule has 5 heteroatoms. The van der Waals surface area contributed by atoms with Crippen molar-refractivity contribution in [2.24, 2.45) is 0 Å². The highest BCUT2D eigenvalue weighted by Crippen LogP contribution is 2.30. The lowest BCUT2D eigenvalue weighted by Gasteiger charge is -2.06. The maximum Gasteiger partial charge on any atom is 0.339 e. The molecule has 0 saturated heterocycles. The van der Waals surface area contributed by atoms with E-state index in [1.165, 1.54) is 6.20 Å². The highest BCUT2D eigenvalue weighted by Gasteiger charge is 2.18. The van der Waals surface area contributed by atoms with Crippen LogP contribution in [0, 0.1) is 20.8 Å². The molecule has 3 aromatic rings. The van der Waals surface area contributed by atoms with E-state index in [1.807, 2.05) is 38.1 Å². The summed E-state index contributed by atoms with van der Waals surface area (Å²) < 4.78 is 1.61. The smallest absolute Gasteiger partial charge is 0.339 e. The Morgan fingerprint density at radius 2 is 1.90 bits per heavy atom. The van der Waals surface area contributed by atoms with Crippen LogP contribution < -0.4 is 0 Å². The second kappa shape index (κ2) is 4.70. The number of hydrogen-bond donors (Lipinski definition) is 1. The molecule has 0 radical (unpaired) electrons. The number of rotatable bonds is 2.